The Kier molecular flexibility index (Phi) is 6.12. The summed E-state index contributed by atoms with van der Waals surface area (Å²) >= 11 is 0. The van der Waals surface area contributed by atoms with Crippen LogP contribution in [0.5, 0.6) is 0 Å². The number of hydrogen-bond acceptors (Lipinski definition) is 2. The van der Waals surface area contributed by atoms with E-state index in [1.54, 1.807) is 0 Å². The Morgan fingerprint density at radius 3 is 1.34 bits per heavy atom. The molecule has 1 heterocycles. The molecular formula is C38H33BO2. The molecule has 0 spiro atoms. The van der Waals surface area contributed by atoms with Gasteiger partial charge in [0, 0.05) is 0 Å². The lowest BCUT2D eigenvalue weighted by atomic mass is 9.71. The second kappa shape index (κ2) is 9.73. The van der Waals surface area contributed by atoms with Gasteiger partial charge in [-0.25, -0.2) is 0 Å². The van der Waals surface area contributed by atoms with Crippen LogP contribution in [0.1, 0.15) is 27.7 Å². The zero-order valence-electron chi connectivity index (χ0n) is 24.0. The van der Waals surface area contributed by atoms with Crippen LogP contribution >= 0.6 is 0 Å². The van der Waals surface area contributed by atoms with Crippen molar-refractivity contribution < 1.29 is 9.31 Å². The summed E-state index contributed by atoms with van der Waals surface area (Å²) in [5.74, 6) is 0. The van der Waals surface area contributed by atoms with E-state index in [9.17, 15) is 0 Å². The maximum absolute atomic E-state index is 6.61. The summed E-state index contributed by atoms with van der Waals surface area (Å²) in [5, 5.41) is 4.73. The van der Waals surface area contributed by atoms with Gasteiger partial charge in [-0.3, -0.25) is 0 Å². The van der Waals surface area contributed by atoms with Gasteiger partial charge in [0.1, 0.15) is 0 Å². The Balaban J connectivity index is 1.42. The number of rotatable bonds is 4. The second-order valence-electron chi connectivity index (χ2n) is 12.0. The number of benzene rings is 6. The Labute approximate surface area is 242 Å². The summed E-state index contributed by atoms with van der Waals surface area (Å²) in [7, 11) is -0.448. The van der Waals surface area contributed by atoms with Crippen molar-refractivity contribution in [2.45, 2.75) is 38.9 Å². The highest BCUT2D eigenvalue weighted by molar-refractivity contribution is 6.68. The van der Waals surface area contributed by atoms with Crippen molar-refractivity contribution in [3.8, 4) is 33.4 Å². The van der Waals surface area contributed by atoms with E-state index in [1.165, 1.54) is 44.2 Å². The van der Waals surface area contributed by atoms with Gasteiger partial charge in [-0.05, 0) is 100 Å². The second-order valence-corrected chi connectivity index (χ2v) is 12.0. The van der Waals surface area contributed by atoms with Crippen LogP contribution in [-0.2, 0) is 9.31 Å². The van der Waals surface area contributed by atoms with Crippen LogP contribution in [-0.4, -0.2) is 18.3 Å². The lowest BCUT2D eigenvalue weighted by molar-refractivity contribution is 0.00578. The molecule has 1 saturated heterocycles. The summed E-state index contributed by atoms with van der Waals surface area (Å²) in [6, 6.07) is 45.7. The van der Waals surface area contributed by atoms with Gasteiger partial charge >= 0.3 is 7.12 Å². The summed E-state index contributed by atoms with van der Waals surface area (Å²) in [6.07, 6.45) is 0. The zero-order chi connectivity index (χ0) is 28.2. The summed E-state index contributed by atoms with van der Waals surface area (Å²) in [5.41, 5.74) is 7.54. The van der Waals surface area contributed by atoms with E-state index in [-0.39, 0.29) is 0 Å². The molecule has 41 heavy (non-hydrogen) atoms. The van der Waals surface area contributed by atoms with Crippen molar-refractivity contribution in [2.24, 2.45) is 0 Å². The van der Waals surface area contributed by atoms with E-state index < -0.39 is 18.3 Å². The molecule has 6 aromatic carbocycles. The Hall–Kier alpha value is -4.18. The third kappa shape index (κ3) is 4.37. The van der Waals surface area contributed by atoms with Gasteiger partial charge in [0.2, 0.25) is 0 Å². The number of fused-ring (bicyclic) bond motifs is 2. The summed E-state index contributed by atoms with van der Waals surface area (Å²) in [4.78, 5) is 0. The van der Waals surface area contributed by atoms with Gasteiger partial charge < -0.3 is 9.31 Å². The standard InChI is InChI=1S/C38H33BO2/c1-37(2)38(3,4)41-39(40-37)36-33-22-10-8-20-31(33)35(32-21-9-11-23-34(32)36)30-19-13-18-29(25-30)28-17-12-16-27(24-28)26-14-6-5-7-15-26/h5-25H,1-4H3. The lowest BCUT2D eigenvalue weighted by Crippen LogP contribution is -2.41. The molecule has 0 N–H and O–H groups in total. The Bertz CT molecular complexity index is 1830. The molecule has 1 aliphatic heterocycles. The average molecular weight is 532 g/mol. The van der Waals surface area contributed by atoms with Crippen LogP contribution in [0.25, 0.3) is 54.9 Å². The minimum atomic E-state index is -0.448. The van der Waals surface area contributed by atoms with Gasteiger partial charge in [0.25, 0.3) is 0 Å². The van der Waals surface area contributed by atoms with E-state index >= 15 is 0 Å². The first-order chi connectivity index (χ1) is 19.8. The highest BCUT2D eigenvalue weighted by Gasteiger charge is 2.52. The fraction of sp³-hybridized carbons (Fsp3) is 0.158. The van der Waals surface area contributed by atoms with Gasteiger partial charge in [0.05, 0.1) is 11.2 Å². The molecule has 0 unspecified atom stereocenters. The third-order valence-corrected chi connectivity index (χ3v) is 8.92. The predicted molar refractivity (Wildman–Crippen MR) is 173 cm³/mol. The fourth-order valence-corrected chi connectivity index (χ4v) is 6.05. The van der Waals surface area contributed by atoms with Crippen LogP contribution in [0, 0.1) is 0 Å². The summed E-state index contributed by atoms with van der Waals surface area (Å²) in [6.45, 7) is 8.46. The van der Waals surface area contributed by atoms with Crippen molar-refractivity contribution in [1.82, 2.24) is 0 Å². The molecule has 0 bridgehead atoms. The first-order valence-corrected chi connectivity index (χ1v) is 14.4. The quantitative estimate of drug-likeness (QED) is 0.166. The molecule has 0 saturated carbocycles. The molecule has 0 radical (unpaired) electrons. The normalized spacial score (nSPS) is 16.0. The molecular weight excluding hydrogens is 499 g/mol. The zero-order valence-corrected chi connectivity index (χ0v) is 24.0. The maximum atomic E-state index is 6.61. The fourth-order valence-electron chi connectivity index (χ4n) is 6.05. The first kappa shape index (κ1) is 25.8. The molecule has 0 aromatic heterocycles. The third-order valence-electron chi connectivity index (χ3n) is 8.92. The smallest absolute Gasteiger partial charge is 0.399 e. The topological polar surface area (TPSA) is 18.5 Å². The summed E-state index contributed by atoms with van der Waals surface area (Å²) < 4.78 is 13.2. The average Bonchev–Trinajstić information content (AvgIpc) is 3.22. The maximum Gasteiger partial charge on any atom is 0.496 e. The lowest BCUT2D eigenvalue weighted by Gasteiger charge is -2.32. The molecule has 200 valence electrons. The molecule has 0 atom stereocenters. The van der Waals surface area contributed by atoms with Gasteiger partial charge in [-0.15, -0.1) is 0 Å². The SMILES string of the molecule is CC1(C)OB(c2c3ccccc3c(-c3cccc(-c4cccc(-c5ccccc5)c4)c3)c3ccccc23)OC1(C)C. The number of hydrogen-bond donors (Lipinski definition) is 0. The molecule has 6 aromatic rings. The monoisotopic (exact) mass is 532 g/mol. The minimum Gasteiger partial charge on any atom is -0.399 e. The van der Waals surface area contributed by atoms with E-state index in [1.807, 2.05) is 0 Å². The molecule has 0 amide bonds. The van der Waals surface area contributed by atoms with Crippen LogP contribution in [0.15, 0.2) is 127 Å². The highest BCUT2D eigenvalue weighted by atomic mass is 16.7. The minimum absolute atomic E-state index is 0.416. The highest BCUT2D eigenvalue weighted by Crippen LogP contribution is 2.41. The molecule has 1 fully saturated rings. The van der Waals surface area contributed by atoms with Crippen molar-refractivity contribution in [1.29, 1.82) is 0 Å². The van der Waals surface area contributed by atoms with Crippen molar-refractivity contribution >= 4 is 34.1 Å². The van der Waals surface area contributed by atoms with Crippen LogP contribution < -0.4 is 5.46 Å². The van der Waals surface area contributed by atoms with E-state index in [0.29, 0.717) is 0 Å². The molecule has 7 rings (SSSR count). The Morgan fingerprint density at radius 2 is 0.805 bits per heavy atom. The molecule has 0 aliphatic carbocycles. The molecule has 3 heteroatoms. The largest absolute Gasteiger partial charge is 0.496 e. The van der Waals surface area contributed by atoms with Crippen molar-refractivity contribution in [3.05, 3.63) is 127 Å². The van der Waals surface area contributed by atoms with Crippen LogP contribution in [0.3, 0.4) is 0 Å². The van der Waals surface area contributed by atoms with E-state index in [2.05, 4.69) is 155 Å². The van der Waals surface area contributed by atoms with Crippen molar-refractivity contribution in [3.63, 3.8) is 0 Å². The molecule has 2 nitrogen and oxygen atoms in total. The van der Waals surface area contributed by atoms with Crippen LogP contribution in [0.4, 0.5) is 0 Å². The molecule has 1 aliphatic rings. The van der Waals surface area contributed by atoms with Gasteiger partial charge in [-0.2, -0.15) is 0 Å². The predicted octanol–water partition coefficient (Wildman–Crippen LogP) is 9.29. The van der Waals surface area contributed by atoms with E-state index in [4.69, 9.17) is 9.31 Å². The van der Waals surface area contributed by atoms with Gasteiger partial charge in [-0.1, -0.05) is 115 Å². The first-order valence-electron chi connectivity index (χ1n) is 14.4. The Morgan fingerprint density at radius 1 is 0.415 bits per heavy atom. The van der Waals surface area contributed by atoms with Gasteiger partial charge in [0.15, 0.2) is 0 Å². The van der Waals surface area contributed by atoms with Crippen molar-refractivity contribution in [2.75, 3.05) is 0 Å². The van der Waals surface area contributed by atoms with E-state index in [0.717, 1.165) is 16.2 Å². The van der Waals surface area contributed by atoms with Crippen LogP contribution in [0.2, 0.25) is 0 Å².